The van der Waals surface area contributed by atoms with E-state index in [1.165, 1.54) is 304 Å². The number of hydrogen-bond donors (Lipinski definition) is 0. The van der Waals surface area contributed by atoms with Gasteiger partial charge in [0.2, 0.25) is 8.60 Å². The number of para-hydroxylation sites is 2. The summed E-state index contributed by atoms with van der Waals surface area (Å²) in [6, 6.07) is 25.0. The zero-order valence-electron chi connectivity index (χ0n) is 52.1. The minimum Gasteiger partial charge on any atom is -0.765 e. The number of unbranched alkanes of at least 4 members (excludes halogenated alkanes) is 30. The summed E-state index contributed by atoms with van der Waals surface area (Å²) in [7, 11) is -1.32. The molecular weight excluding hydrogens is 1000 g/mol. The monoisotopic (exact) mass is 1130 g/mol. The third-order valence-electron chi connectivity index (χ3n) is 15.2. The van der Waals surface area contributed by atoms with Crippen molar-refractivity contribution in [1.29, 1.82) is 0 Å². The zero-order chi connectivity index (χ0) is 57.5. The Morgan fingerprint density at radius 3 is 0.718 bits per heavy atom. The van der Waals surface area contributed by atoms with Crippen molar-refractivity contribution < 1.29 is 35.9 Å². The van der Waals surface area contributed by atoms with Gasteiger partial charge in [-0.15, -0.1) is 0 Å². The molecule has 452 valence electrons. The van der Waals surface area contributed by atoms with E-state index < -0.39 is 18.7 Å². The highest BCUT2D eigenvalue weighted by molar-refractivity contribution is 7.85. The molecule has 78 heavy (non-hydrogen) atoms. The number of rotatable bonds is 47. The lowest BCUT2D eigenvalue weighted by atomic mass is 10.1. The molecule has 3 rings (SSSR count). The van der Waals surface area contributed by atoms with Gasteiger partial charge in [0.15, 0.2) is 0 Å². The van der Waals surface area contributed by atoms with Gasteiger partial charge in [-0.3, -0.25) is 0 Å². The largest absolute Gasteiger partial charge is 0.765 e. The lowest BCUT2D eigenvalue weighted by molar-refractivity contribution is -0.910. The van der Waals surface area contributed by atoms with Gasteiger partial charge in [0.05, 0.1) is 58.3 Å². The van der Waals surface area contributed by atoms with Crippen molar-refractivity contribution in [3.63, 3.8) is 0 Å². The summed E-state index contributed by atoms with van der Waals surface area (Å²) < 4.78 is 43.8. The van der Waals surface area contributed by atoms with Gasteiger partial charge >= 0.3 is 0 Å². The lowest BCUT2D eigenvalue weighted by Gasteiger charge is -2.35. The van der Waals surface area contributed by atoms with Crippen molar-refractivity contribution in [3.05, 3.63) is 91.0 Å². The lowest BCUT2D eigenvalue weighted by Crippen LogP contribution is -2.46. The average Bonchev–Trinajstić information content (AvgIpc) is 3.43. The van der Waals surface area contributed by atoms with E-state index in [1.807, 2.05) is 12.1 Å². The molecule has 0 saturated heterocycles. The van der Waals surface area contributed by atoms with E-state index in [0.29, 0.717) is 11.5 Å². The maximum absolute atomic E-state index is 11.5. The number of hydrogen-bond acceptors (Lipinski definition) is 6. The Kier molecular flexibility index (Phi) is 52.0. The summed E-state index contributed by atoms with van der Waals surface area (Å²) in [6.07, 6.45) is 51.7. The van der Waals surface area contributed by atoms with Gasteiger partial charge in [-0.25, -0.2) is 8.42 Å². The van der Waals surface area contributed by atoms with E-state index >= 15 is 0 Å². The molecular formula is C68H123N2O6PS. The van der Waals surface area contributed by atoms with Crippen molar-refractivity contribution >= 4 is 18.7 Å². The van der Waals surface area contributed by atoms with Gasteiger partial charge < -0.3 is 27.5 Å². The van der Waals surface area contributed by atoms with Crippen LogP contribution in [0.4, 0.5) is 0 Å². The molecule has 0 N–H and O–H groups in total. The third kappa shape index (κ3) is 48.2. The Labute approximate surface area is 485 Å². The summed E-state index contributed by atoms with van der Waals surface area (Å²) in [5.74, 6) is 1.05. The number of quaternary nitrogens is 2. The quantitative estimate of drug-likeness (QED) is 0.0242. The predicted molar refractivity (Wildman–Crippen MR) is 337 cm³/mol. The van der Waals surface area contributed by atoms with Gasteiger partial charge in [0.1, 0.15) is 21.6 Å². The fourth-order valence-corrected chi connectivity index (χ4v) is 11.2. The third-order valence-corrected chi connectivity index (χ3v) is 16.8. The first kappa shape index (κ1) is 75.5. The highest BCUT2D eigenvalue weighted by Gasteiger charge is 2.21. The predicted octanol–water partition coefficient (Wildman–Crippen LogP) is 20.4. The first-order chi connectivity index (χ1) is 37.8. The molecule has 10 heteroatoms. The number of benzene rings is 3. The maximum atomic E-state index is 11.5. The highest BCUT2D eigenvalue weighted by Crippen LogP contribution is 2.32. The molecule has 0 atom stereocenters. The molecule has 0 radical (unpaired) electrons. The molecule has 0 aliphatic rings. The molecule has 0 unspecified atom stereocenters. The average molecular weight is 1130 g/mol. The second-order valence-corrected chi connectivity index (χ2v) is 25.2. The van der Waals surface area contributed by atoms with E-state index in [2.05, 4.69) is 55.6 Å². The van der Waals surface area contributed by atoms with Gasteiger partial charge in [-0.1, -0.05) is 250 Å². The first-order valence-corrected chi connectivity index (χ1v) is 34.9. The van der Waals surface area contributed by atoms with Crippen LogP contribution in [-0.2, 0) is 10.1 Å². The van der Waals surface area contributed by atoms with Crippen LogP contribution in [0, 0.1) is 0 Å². The topological polar surface area (TPSA) is 98.7 Å². The van der Waals surface area contributed by atoms with Gasteiger partial charge in [-0.05, 0) is 113 Å². The van der Waals surface area contributed by atoms with E-state index in [-0.39, 0.29) is 4.90 Å². The maximum Gasteiger partial charge on any atom is 0.210 e. The number of nitrogens with zero attached hydrogens (tertiary/aromatic N) is 2. The van der Waals surface area contributed by atoms with Crippen LogP contribution in [0.5, 0.6) is 11.5 Å². The minimum atomic E-state index is -4.25. The van der Waals surface area contributed by atoms with Crippen molar-refractivity contribution in [3.8, 4) is 11.5 Å². The van der Waals surface area contributed by atoms with Crippen LogP contribution in [0.25, 0.3) is 0 Å². The van der Waals surface area contributed by atoms with Crippen LogP contribution >= 0.6 is 8.60 Å². The Balaban J connectivity index is 0.00000106. The summed E-state index contributed by atoms with van der Waals surface area (Å²) >= 11 is 0. The molecule has 0 heterocycles. The van der Waals surface area contributed by atoms with Crippen LogP contribution in [-0.4, -0.2) is 75.3 Å². The Morgan fingerprint density at radius 1 is 0.333 bits per heavy atom. The van der Waals surface area contributed by atoms with Crippen molar-refractivity contribution in [2.45, 2.75) is 278 Å². The molecule has 0 saturated carbocycles. The second kappa shape index (κ2) is 53.8. The highest BCUT2D eigenvalue weighted by atomic mass is 32.2. The first-order valence-electron chi connectivity index (χ1n) is 32.4. The van der Waals surface area contributed by atoms with Crippen molar-refractivity contribution in [2.24, 2.45) is 0 Å². The summed E-state index contributed by atoms with van der Waals surface area (Å²) in [4.78, 5) is 11.3. The molecule has 8 nitrogen and oxygen atoms in total. The van der Waals surface area contributed by atoms with E-state index in [4.69, 9.17) is 9.05 Å². The van der Waals surface area contributed by atoms with Crippen molar-refractivity contribution in [1.82, 2.24) is 0 Å². The standard InChI is InChI=1S/2C25H54N.C12H10O3P.C6H6O3S/c2*1-5-8-11-14-17-20-23-26(4,24-21-18-15-12-9-6-2)25-22-19-16-13-10-7-3;13-16(14-11-7-3-1-4-8-11)15-12-9-5-2-6-10-12;7-10(8,9)6-4-2-1-3-5-6/h2*5-25H2,1-4H3;1-10H;1-5H,(H,7,8,9)/q2*+1;-1;/p-1. The smallest absolute Gasteiger partial charge is 0.210 e. The fraction of sp³-hybridized carbons (Fsp3) is 0.735. The summed E-state index contributed by atoms with van der Waals surface area (Å²) in [5, 5.41) is 0. The van der Waals surface area contributed by atoms with Crippen LogP contribution in [0.3, 0.4) is 0 Å². The normalized spacial score (nSPS) is 11.5. The Morgan fingerprint density at radius 2 is 0.526 bits per heavy atom. The van der Waals surface area contributed by atoms with Gasteiger partial charge in [-0.2, -0.15) is 0 Å². The van der Waals surface area contributed by atoms with Crippen LogP contribution in [0.2, 0.25) is 0 Å². The van der Waals surface area contributed by atoms with E-state index in [9.17, 15) is 17.9 Å². The van der Waals surface area contributed by atoms with E-state index in [1.54, 1.807) is 54.6 Å². The van der Waals surface area contributed by atoms with Gasteiger partial charge in [0.25, 0.3) is 0 Å². The van der Waals surface area contributed by atoms with Crippen LogP contribution in [0.15, 0.2) is 95.9 Å². The fourth-order valence-electron chi connectivity index (χ4n) is 10.1. The Hall–Kier alpha value is -2.52. The molecule has 3 aromatic carbocycles. The minimum absolute atomic E-state index is 0.185. The van der Waals surface area contributed by atoms with Crippen LogP contribution < -0.4 is 13.9 Å². The summed E-state index contributed by atoms with van der Waals surface area (Å²) in [5.41, 5.74) is 0. The summed E-state index contributed by atoms with van der Waals surface area (Å²) in [6.45, 7) is 22.4. The van der Waals surface area contributed by atoms with Gasteiger partial charge in [0, 0.05) is 0 Å². The molecule has 0 bridgehead atoms. The van der Waals surface area contributed by atoms with E-state index in [0.717, 1.165) is 0 Å². The van der Waals surface area contributed by atoms with Crippen LogP contribution in [0.1, 0.15) is 273 Å². The molecule has 3 aromatic rings. The molecule has 0 aromatic heterocycles. The zero-order valence-corrected chi connectivity index (χ0v) is 53.8. The second-order valence-electron chi connectivity index (χ2n) is 23.0. The molecule has 0 amide bonds. The van der Waals surface area contributed by atoms with Crippen molar-refractivity contribution in [2.75, 3.05) is 53.4 Å². The Bertz CT molecular complexity index is 1600. The molecule has 0 aliphatic heterocycles. The molecule has 0 spiro atoms. The molecule has 0 aliphatic carbocycles. The molecule has 0 fully saturated rings. The SMILES string of the molecule is CCCCCCCC[N+](C)(CCCCCCCC)CCCCCCCC.CCCCCCCC[N+](C)(CCCCCCCC)CCCCCCCC.O=S(=O)([O-])c1ccccc1.[O-]P(Oc1ccccc1)Oc1ccccc1.